The van der Waals surface area contributed by atoms with Crippen molar-refractivity contribution in [2.75, 3.05) is 24.9 Å². The molecule has 2 N–H and O–H groups in total. The molecule has 0 saturated carbocycles. The van der Waals surface area contributed by atoms with Crippen molar-refractivity contribution in [1.82, 2.24) is 0 Å². The normalized spacial score (nSPS) is 10.7. The van der Waals surface area contributed by atoms with Crippen molar-refractivity contribution >= 4 is 52.5 Å². The lowest BCUT2D eigenvalue weighted by Gasteiger charge is -2.12. The molecular weight excluding hydrogens is 427 g/mol. The zero-order valence-corrected chi connectivity index (χ0v) is 18.6. The molecule has 0 heterocycles. The van der Waals surface area contributed by atoms with Gasteiger partial charge in [0, 0.05) is 34.8 Å². The van der Waals surface area contributed by atoms with Crippen molar-refractivity contribution in [2.45, 2.75) is 26.2 Å². The third-order valence-electron chi connectivity index (χ3n) is 4.16. The lowest BCUT2D eigenvalue weighted by Crippen LogP contribution is -2.12. The number of carbonyl (C=O) groups excluding carboxylic acids is 2. The minimum absolute atomic E-state index is 0.0796. The molecule has 0 radical (unpaired) electrons. The standard InChI is InChI=1S/C22H24Cl2N2O4/c1-4-5-6-20(27)26-18-9-8-16(13-19(18)29-2)25-21(28)10-7-14-11-15(23)12-17(24)22(14)30-3/h7-13H,4-6H2,1-3H3,(H,25,28)(H,26,27)/b10-7+. The maximum absolute atomic E-state index is 12.3. The Balaban J connectivity index is 2.10. The summed E-state index contributed by atoms with van der Waals surface area (Å²) in [5.74, 6) is 0.429. The zero-order chi connectivity index (χ0) is 22.1. The van der Waals surface area contributed by atoms with E-state index in [4.69, 9.17) is 32.7 Å². The highest BCUT2D eigenvalue weighted by Gasteiger charge is 2.10. The summed E-state index contributed by atoms with van der Waals surface area (Å²) >= 11 is 12.1. The van der Waals surface area contributed by atoms with Crippen LogP contribution >= 0.6 is 23.2 Å². The number of hydrogen-bond donors (Lipinski definition) is 2. The van der Waals surface area contributed by atoms with Crippen LogP contribution in [0.25, 0.3) is 6.08 Å². The van der Waals surface area contributed by atoms with E-state index in [1.807, 2.05) is 6.92 Å². The van der Waals surface area contributed by atoms with Crippen LogP contribution in [0.2, 0.25) is 10.0 Å². The Morgan fingerprint density at radius 1 is 1.07 bits per heavy atom. The van der Waals surface area contributed by atoms with Gasteiger partial charge in [-0.15, -0.1) is 0 Å². The summed E-state index contributed by atoms with van der Waals surface area (Å²) in [5.41, 5.74) is 1.64. The highest BCUT2D eigenvalue weighted by atomic mass is 35.5. The third kappa shape index (κ3) is 6.68. The summed E-state index contributed by atoms with van der Waals surface area (Å²) in [4.78, 5) is 24.3. The molecule has 0 spiro atoms. The molecule has 0 aliphatic heterocycles. The molecule has 8 heteroatoms. The van der Waals surface area contributed by atoms with Gasteiger partial charge in [0.2, 0.25) is 11.8 Å². The summed E-state index contributed by atoms with van der Waals surface area (Å²) in [7, 11) is 2.99. The van der Waals surface area contributed by atoms with Crippen LogP contribution in [0, 0.1) is 0 Å². The van der Waals surface area contributed by atoms with Crippen LogP contribution in [0.15, 0.2) is 36.4 Å². The summed E-state index contributed by atoms with van der Waals surface area (Å²) in [6.45, 7) is 2.02. The van der Waals surface area contributed by atoms with E-state index in [1.165, 1.54) is 20.3 Å². The molecular formula is C22H24Cl2N2O4. The molecule has 2 rings (SSSR count). The van der Waals surface area contributed by atoms with Crippen LogP contribution in [-0.4, -0.2) is 26.0 Å². The molecule has 2 amide bonds. The first kappa shape index (κ1) is 23.6. The van der Waals surface area contributed by atoms with E-state index in [2.05, 4.69) is 10.6 Å². The first-order chi connectivity index (χ1) is 14.4. The Hall–Kier alpha value is -2.70. The van der Waals surface area contributed by atoms with E-state index in [-0.39, 0.29) is 11.8 Å². The number of amides is 2. The number of ether oxygens (including phenoxy) is 2. The first-order valence-corrected chi connectivity index (χ1v) is 10.1. The number of unbranched alkanes of at least 4 members (excludes halogenated alkanes) is 1. The number of nitrogens with one attached hydrogen (secondary N) is 2. The van der Waals surface area contributed by atoms with E-state index in [0.717, 1.165) is 12.8 Å². The Morgan fingerprint density at radius 3 is 2.50 bits per heavy atom. The van der Waals surface area contributed by atoms with Gasteiger partial charge in [-0.25, -0.2) is 0 Å². The van der Waals surface area contributed by atoms with Crippen molar-refractivity contribution in [3.05, 3.63) is 52.0 Å². The van der Waals surface area contributed by atoms with Gasteiger partial charge < -0.3 is 20.1 Å². The first-order valence-electron chi connectivity index (χ1n) is 9.38. The van der Waals surface area contributed by atoms with Gasteiger partial charge in [-0.2, -0.15) is 0 Å². The summed E-state index contributed by atoms with van der Waals surface area (Å²) in [5, 5.41) is 6.35. The average molecular weight is 451 g/mol. The Morgan fingerprint density at radius 2 is 1.83 bits per heavy atom. The van der Waals surface area contributed by atoms with Gasteiger partial charge in [0.15, 0.2) is 0 Å². The second-order valence-electron chi connectivity index (χ2n) is 6.40. The monoisotopic (exact) mass is 450 g/mol. The summed E-state index contributed by atoms with van der Waals surface area (Å²) < 4.78 is 10.6. The number of methoxy groups -OCH3 is 2. The molecule has 0 aromatic heterocycles. The highest BCUT2D eigenvalue weighted by molar-refractivity contribution is 6.36. The average Bonchev–Trinajstić information content (AvgIpc) is 2.71. The second-order valence-corrected chi connectivity index (χ2v) is 7.24. The second kappa shape index (κ2) is 11.5. The molecule has 0 fully saturated rings. The zero-order valence-electron chi connectivity index (χ0n) is 17.1. The van der Waals surface area contributed by atoms with E-state index >= 15 is 0 Å². The van der Waals surface area contributed by atoms with E-state index in [1.54, 1.807) is 36.4 Å². The lowest BCUT2D eigenvalue weighted by molar-refractivity contribution is -0.116. The minimum Gasteiger partial charge on any atom is -0.495 e. The number of halogens is 2. The van der Waals surface area contributed by atoms with Gasteiger partial charge >= 0.3 is 0 Å². The topological polar surface area (TPSA) is 76.7 Å². The molecule has 30 heavy (non-hydrogen) atoms. The van der Waals surface area contributed by atoms with Crippen molar-refractivity contribution in [1.29, 1.82) is 0 Å². The minimum atomic E-state index is -0.366. The van der Waals surface area contributed by atoms with Gasteiger partial charge in [-0.3, -0.25) is 9.59 Å². The Bertz CT molecular complexity index is 945. The van der Waals surface area contributed by atoms with Crippen molar-refractivity contribution in [3.63, 3.8) is 0 Å². The van der Waals surface area contributed by atoms with Crippen molar-refractivity contribution in [2.24, 2.45) is 0 Å². The predicted molar refractivity (Wildman–Crippen MR) is 122 cm³/mol. The Kier molecular flexibility index (Phi) is 9.02. The molecule has 2 aromatic rings. The molecule has 0 bridgehead atoms. The van der Waals surface area contributed by atoms with E-state index < -0.39 is 0 Å². The number of anilines is 2. The number of benzene rings is 2. The van der Waals surface area contributed by atoms with Gasteiger partial charge in [0.05, 0.1) is 24.9 Å². The van der Waals surface area contributed by atoms with Crippen LogP contribution in [0.4, 0.5) is 11.4 Å². The summed E-state index contributed by atoms with van der Waals surface area (Å²) in [6, 6.07) is 8.21. The molecule has 0 aliphatic carbocycles. The van der Waals surface area contributed by atoms with Crippen LogP contribution < -0.4 is 20.1 Å². The van der Waals surface area contributed by atoms with Crippen molar-refractivity contribution < 1.29 is 19.1 Å². The van der Waals surface area contributed by atoms with Gasteiger partial charge in [-0.05, 0) is 36.8 Å². The molecule has 6 nitrogen and oxygen atoms in total. The predicted octanol–water partition coefficient (Wildman–Crippen LogP) is 5.79. The van der Waals surface area contributed by atoms with Gasteiger partial charge in [0.1, 0.15) is 11.5 Å². The fraction of sp³-hybridized carbons (Fsp3) is 0.273. The van der Waals surface area contributed by atoms with Crippen molar-refractivity contribution in [3.8, 4) is 11.5 Å². The number of hydrogen-bond acceptors (Lipinski definition) is 4. The molecule has 0 aliphatic rings. The van der Waals surface area contributed by atoms with Gasteiger partial charge in [0.25, 0.3) is 0 Å². The third-order valence-corrected chi connectivity index (χ3v) is 4.66. The fourth-order valence-corrected chi connectivity index (χ4v) is 3.28. The quantitative estimate of drug-likeness (QED) is 0.473. The van der Waals surface area contributed by atoms with E-state index in [0.29, 0.717) is 44.9 Å². The largest absolute Gasteiger partial charge is 0.495 e. The smallest absolute Gasteiger partial charge is 0.248 e. The molecule has 0 atom stereocenters. The van der Waals surface area contributed by atoms with E-state index in [9.17, 15) is 9.59 Å². The molecule has 0 saturated heterocycles. The number of carbonyl (C=O) groups is 2. The van der Waals surface area contributed by atoms with Crippen LogP contribution in [0.1, 0.15) is 31.7 Å². The van der Waals surface area contributed by atoms with Crippen LogP contribution in [0.5, 0.6) is 11.5 Å². The van der Waals surface area contributed by atoms with Crippen LogP contribution in [-0.2, 0) is 9.59 Å². The maximum atomic E-state index is 12.3. The molecule has 0 unspecified atom stereocenters. The lowest BCUT2D eigenvalue weighted by atomic mass is 10.2. The molecule has 2 aromatic carbocycles. The van der Waals surface area contributed by atoms with Crippen LogP contribution in [0.3, 0.4) is 0 Å². The maximum Gasteiger partial charge on any atom is 0.248 e. The number of rotatable bonds is 9. The SMILES string of the molecule is CCCCC(=O)Nc1ccc(NC(=O)/C=C/c2cc(Cl)cc(Cl)c2OC)cc1OC. The molecule has 160 valence electrons. The summed E-state index contributed by atoms with van der Waals surface area (Å²) in [6.07, 6.45) is 5.11. The highest BCUT2D eigenvalue weighted by Crippen LogP contribution is 2.33. The fourth-order valence-electron chi connectivity index (χ4n) is 2.69. The van der Waals surface area contributed by atoms with Gasteiger partial charge in [-0.1, -0.05) is 36.5 Å². The Labute approximate surface area is 186 Å².